The van der Waals surface area contributed by atoms with Gasteiger partial charge in [0.1, 0.15) is 0 Å². The standard InChI is InChI=1S/HNO2.Pr.Zr/c2-1-3;;/h1H;;. The van der Waals surface area contributed by atoms with Gasteiger partial charge < -0.3 is 0 Å². The molecule has 0 saturated heterocycles. The summed E-state index contributed by atoms with van der Waals surface area (Å²) in [6.45, 7) is 0. The van der Waals surface area contributed by atoms with E-state index in [4.69, 9.17) is 10.1 Å². The van der Waals surface area contributed by atoms with E-state index in [0.717, 1.165) is 0 Å². The van der Waals surface area contributed by atoms with Gasteiger partial charge in [0, 0.05) is 72.8 Å². The summed E-state index contributed by atoms with van der Waals surface area (Å²) in [4.78, 5) is 8.12. The van der Waals surface area contributed by atoms with Crippen LogP contribution >= 0.6 is 0 Å². The van der Waals surface area contributed by atoms with E-state index in [1.807, 2.05) is 0 Å². The smallest absolute Gasteiger partial charge is 0.00366 e. The summed E-state index contributed by atoms with van der Waals surface area (Å²) in [7, 11) is 0. The first-order chi connectivity index (χ1) is 1.41. The summed E-state index contributed by atoms with van der Waals surface area (Å²) >= 11 is 0. The van der Waals surface area contributed by atoms with Gasteiger partial charge in [-0.15, -0.1) is 0 Å². The molecule has 0 fully saturated rings. The molecule has 0 spiro atoms. The molecule has 0 amide bonds. The van der Waals surface area contributed by atoms with Gasteiger partial charge in [-0.05, 0) is 0 Å². The van der Waals surface area contributed by atoms with Gasteiger partial charge in [-0.25, -0.2) is 0 Å². The number of rotatable bonds is 0. The molecule has 25 valence electrons. The van der Waals surface area contributed by atoms with Crippen molar-refractivity contribution in [1.29, 1.82) is 0 Å². The average molecular weight is 279 g/mol. The average Bonchev–Trinajstić information content (AvgIpc) is 0.918. The summed E-state index contributed by atoms with van der Waals surface area (Å²) in [6.07, 6.45) is 0. The van der Waals surface area contributed by atoms with Crippen LogP contribution in [-0.2, 0) is 26.2 Å². The van der Waals surface area contributed by atoms with Crippen LogP contribution in [0.15, 0.2) is 0 Å². The van der Waals surface area contributed by atoms with E-state index < -0.39 is 0 Å². The first-order valence-electron chi connectivity index (χ1n) is 0.408. The molecule has 0 atom stereocenters. The predicted octanol–water partition coefficient (Wildman–Crippen LogP) is -1.67. The van der Waals surface area contributed by atoms with E-state index in [1.54, 1.807) is 0 Å². The fourth-order valence-corrected chi connectivity index (χ4v) is 0. The van der Waals surface area contributed by atoms with Crippen LogP contribution in [0, 0.1) is 51.4 Å². The molecule has 0 saturated carbocycles. The molecular weight excluding hydrogens is 278 g/mol. The van der Waals surface area contributed by atoms with E-state index in [2.05, 4.69) is 0 Å². The molecule has 0 bridgehead atoms. The van der Waals surface area contributed by atoms with Crippen molar-refractivity contribution in [2.75, 3.05) is 0 Å². The second-order valence-electron chi connectivity index (χ2n) is 0.0833. The van der Waals surface area contributed by atoms with Crippen molar-refractivity contribution in [3.05, 3.63) is 10.1 Å². The molecule has 0 aliphatic carbocycles. The monoisotopic (exact) mass is 278 g/mol. The molecule has 0 heterocycles. The second-order valence-corrected chi connectivity index (χ2v) is 0.0833. The SMILES string of the molecule is O=[NH+][O-].[Pr].[Zr]. The van der Waals surface area contributed by atoms with E-state index in [9.17, 15) is 0 Å². The zero-order chi connectivity index (χ0) is 2.71. The van der Waals surface area contributed by atoms with Gasteiger partial charge >= 0.3 is 0 Å². The van der Waals surface area contributed by atoms with Gasteiger partial charge in [-0.2, -0.15) is 0 Å². The van der Waals surface area contributed by atoms with E-state index in [1.165, 1.54) is 0 Å². The topological polar surface area (TPSA) is 54.1 Å². The minimum absolute atomic E-state index is 0. The Morgan fingerprint density at radius 3 is 1.60 bits per heavy atom. The quantitative estimate of drug-likeness (QED) is 0.426. The molecule has 0 aliphatic rings. The Kier molecular flexibility index (Phi) is 55.5. The number of hydrogen-bond donors (Lipinski definition) is 1. The Balaban J connectivity index is -0.0000000200. The molecule has 0 aromatic carbocycles. The van der Waals surface area contributed by atoms with Gasteiger partial charge in [0.05, 0.1) is 0 Å². The van der Waals surface area contributed by atoms with Crippen LogP contribution in [0.1, 0.15) is 0 Å². The van der Waals surface area contributed by atoms with Gasteiger partial charge in [-0.3, -0.25) is 10.1 Å². The molecule has 0 rings (SSSR count). The summed E-state index contributed by atoms with van der Waals surface area (Å²) in [5.74, 6) is 0. The predicted molar refractivity (Wildman–Crippen MR) is 7.70 cm³/mol. The fraction of sp³-hybridized carbons (Fsp3) is 0. The maximum atomic E-state index is 8.12. The summed E-state index contributed by atoms with van der Waals surface area (Å²) in [6, 6.07) is 0. The second kappa shape index (κ2) is 17.4. The molecule has 1 radical (unpaired) electrons. The number of hydrogen-bond acceptors (Lipinski definition) is 2. The van der Waals surface area contributed by atoms with Crippen LogP contribution in [0.3, 0.4) is 0 Å². The van der Waals surface area contributed by atoms with Crippen molar-refractivity contribution < 1.29 is 72.8 Å². The third-order valence-electron chi connectivity index (χ3n) is 0. The zero-order valence-electron chi connectivity index (χ0n) is 2.39. The Bertz CT molecular complexity index is 17.1. The van der Waals surface area contributed by atoms with Crippen molar-refractivity contribution in [2.45, 2.75) is 0 Å². The van der Waals surface area contributed by atoms with Gasteiger partial charge in [0.25, 0.3) is 0 Å². The molecule has 0 aromatic heterocycles. The van der Waals surface area contributed by atoms with Crippen molar-refractivity contribution in [1.82, 2.24) is 0 Å². The number of nitrogens with one attached hydrogen (secondary N) is 1. The van der Waals surface area contributed by atoms with Crippen molar-refractivity contribution >= 4 is 0 Å². The molecule has 5 heavy (non-hydrogen) atoms. The van der Waals surface area contributed by atoms with Crippen LogP contribution < -0.4 is 5.34 Å². The minimum atomic E-state index is 0. The zero-order valence-corrected chi connectivity index (χ0v) is 8.56. The van der Waals surface area contributed by atoms with E-state index in [-0.39, 0.29) is 72.8 Å². The Morgan fingerprint density at radius 2 is 1.60 bits per heavy atom. The fourth-order valence-electron chi connectivity index (χ4n) is 0. The van der Waals surface area contributed by atoms with Crippen LogP contribution in [0.25, 0.3) is 0 Å². The van der Waals surface area contributed by atoms with Crippen LogP contribution in [0.2, 0.25) is 0 Å². The molecule has 1 N–H and O–H groups in total. The van der Waals surface area contributed by atoms with Gasteiger partial charge in [0.15, 0.2) is 0 Å². The summed E-state index contributed by atoms with van der Waals surface area (Å²) < 4.78 is 0. The largest absolute Gasteiger partial charge is 0.267 e. The van der Waals surface area contributed by atoms with Crippen molar-refractivity contribution in [2.24, 2.45) is 0 Å². The van der Waals surface area contributed by atoms with E-state index >= 15 is 0 Å². The van der Waals surface area contributed by atoms with Crippen LogP contribution in [-0.4, -0.2) is 0 Å². The van der Waals surface area contributed by atoms with Gasteiger partial charge in [0.2, 0.25) is 0 Å². The van der Waals surface area contributed by atoms with E-state index in [0.29, 0.717) is 0 Å². The molecule has 0 unspecified atom stereocenters. The summed E-state index contributed by atoms with van der Waals surface area (Å²) in [5, 5.41) is 8.38. The Morgan fingerprint density at radius 1 is 1.60 bits per heavy atom. The van der Waals surface area contributed by atoms with Crippen LogP contribution in [0.5, 0.6) is 0 Å². The normalized spacial score (nSPS) is 2.40. The minimum Gasteiger partial charge on any atom is -0.267 e. The maximum absolute atomic E-state index is 8.12. The third kappa shape index (κ3) is 27.7. The first-order valence-corrected chi connectivity index (χ1v) is 0.408. The Labute approximate surface area is 81.5 Å². The van der Waals surface area contributed by atoms with Crippen LogP contribution in [0.4, 0.5) is 0 Å². The maximum Gasteiger partial charge on any atom is 0.00366 e. The first kappa shape index (κ1) is 15.9. The van der Waals surface area contributed by atoms with Gasteiger partial charge in [-0.1, -0.05) is 0 Å². The molecular formula is HNO2PrZr. The molecule has 0 aromatic rings. The molecule has 3 nitrogen and oxygen atoms in total. The third-order valence-corrected chi connectivity index (χ3v) is 0. The van der Waals surface area contributed by atoms with Crippen molar-refractivity contribution in [3.8, 4) is 0 Å². The van der Waals surface area contributed by atoms with Crippen molar-refractivity contribution in [3.63, 3.8) is 0 Å². The molecule has 5 heteroatoms. The molecule has 0 aliphatic heterocycles. The Hall–Kier alpha value is 1.65. The summed E-state index contributed by atoms with van der Waals surface area (Å²) in [5.41, 5.74) is 0.